The highest BCUT2D eigenvalue weighted by Crippen LogP contribution is 2.30. The van der Waals surface area contributed by atoms with E-state index in [9.17, 15) is 9.59 Å². The molecule has 1 aliphatic rings. The summed E-state index contributed by atoms with van der Waals surface area (Å²) in [7, 11) is 1.59. The van der Waals surface area contributed by atoms with Crippen molar-refractivity contribution < 1.29 is 19.1 Å². The molecule has 0 aliphatic carbocycles. The molecule has 25 heavy (non-hydrogen) atoms. The number of benzene rings is 1. The quantitative estimate of drug-likeness (QED) is 0.691. The molecular formula is C19H28N2O4. The summed E-state index contributed by atoms with van der Waals surface area (Å²) in [4.78, 5) is 26.5. The predicted octanol–water partition coefficient (Wildman–Crippen LogP) is 1.77. The molecule has 1 saturated heterocycles. The highest BCUT2D eigenvalue weighted by atomic mass is 16.5. The first kappa shape index (κ1) is 19.2. The largest absolute Gasteiger partial charge is 0.494 e. The van der Waals surface area contributed by atoms with Crippen molar-refractivity contribution >= 4 is 11.8 Å². The fraction of sp³-hybridized carbons (Fsp3) is 0.579. The zero-order valence-corrected chi connectivity index (χ0v) is 15.3. The lowest BCUT2D eigenvalue weighted by Crippen LogP contribution is -2.55. The summed E-state index contributed by atoms with van der Waals surface area (Å²) in [6.45, 7) is 5.87. The van der Waals surface area contributed by atoms with Gasteiger partial charge in [0.15, 0.2) is 0 Å². The second-order valence-corrected chi connectivity index (χ2v) is 6.39. The Hall–Kier alpha value is -2.08. The van der Waals surface area contributed by atoms with Crippen molar-refractivity contribution in [1.29, 1.82) is 0 Å². The van der Waals surface area contributed by atoms with Gasteiger partial charge in [-0.2, -0.15) is 0 Å². The van der Waals surface area contributed by atoms with Crippen LogP contribution in [-0.4, -0.2) is 55.7 Å². The van der Waals surface area contributed by atoms with Crippen LogP contribution >= 0.6 is 0 Å². The normalized spacial score (nSPS) is 20.0. The molecule has 0 unspecified atom stereocenters. The zero-order valence-electron chi connectivity index (χ0n) is 15.3. The summed E-state index contributed by atoms with van der Waals surface area (Å²) in [6.07, 6.45) is 1.67. The molecule has 0 aromatic heterocycles. The smallest absolute Gasteiger partial charge is 0.245 e. The Kier molecular flexibility index (Phi) is 6.82. The molecule has 2 amide bonds. The number of likely N-dealkylation sites (tertiary alicyclic amines) is 1. The van der Waals surface area contributed by atoms with Crippen LogP contribution in [0.2, 0.25) is 0 Å². The Morgan fingerprint density at radius 3 is 2.68 bits per heavy atom. The number of hydrogen-bond acceptors (Lipinski definition) is 4. The van der Waals surface area contributed by atoms with Gasteiger partial charge in [-0.3, -0.25) is 9.59 Å². The molecule has 1 atom stereocenters. The Labute approximate surface area is 149 Å². The Bertz CT molecular complexity index is 588. The number of carbonyl (C=O) groups excluding carboxylic acids is 2. The van der Waals surface area contributed by atoms with Gasteiger partial charge in [0.1, 0.15) is 11.3 Å². The SMILES string of the molecule is CCOc1ccc(CCN2C(=O)CC[C@]2(C)C(=O)NCCOC)cc1. The number of amides is 2. The second-order valence-electron chi connectivity index (χ2n) is 6.39. The molecule has 0 saturated carbocycles. The maximum Gasteiger partial charge on any atom is 0.245 e. The lowest BCUT2D eigenvalue weighted by Gasteiger charge is -2.34. The van der Waals surface area contributed by atoms with Gasteiger partial charge >= 0.3 is 0 Å². The van der Waals surface area contributed by atoms with Crippen molar-refractivity contribution in [2.45, 2.75) is 38.6 Å². The molecule has 6 heteroatoms. The van der Waals surface area contributed by atoms with E-state index >= 15 is 0 Å². The van der Waals surface area contributed by atoms with Crippen LogP contribution in [0, 0.1) is 0 Å². The average molecular weight is 348 g/mol. The Morgan fingerprint density at radius 1 is 1.32 bits per heavy atom. The molecule has 0 bridgehead atoms. The number of hydrogen-bond donors (Lipinski definition) is 1. The van der Waals surface area contributed by atoms with Crippen molar-refractivity contribution in [3.63, 3.8) is 0 Å². The summed E-state index contributed by atoms with van der Waals surface area (Å²) in [5.41, 5.74) is 0.334. The first-order valence-corrected chi connectivity index (χ1v) is 8.80. The molecule has 138 valence electrons. The number of methoxy groups -OCH3 is 1. The van der Waals surface area contributed by atoms with E-state index in [1.807, 2.05) is 38.1 Å². The topological polar surface area (TPSA) is 67.9 Å². The van der Waals surface area contributed by atoms with Crippen molar-refractivity contribution in [2.75, 3.05) is 33.4 Å². The maximum absolute atomic E-state index is 12.5. The van der Waals surface area contributed by atoms with E-state index in [0.717, 1.165) is 11.3 Å². The number of carbonyl (C=O) groups is 2. The third-order valence-electron chi connectivity index (χ3n) is 4.66. The van der Waals surface area contributed by atoms with Gasteiger partial charge in [0.2, 0.25) is 11.8 Å². The minimum Gasteiger partial charge on any atom is -0.494 e. The third-order valence-corrected chi connectivity index (χ3v) is 4.66. The molecule has 1 N–H and O–H groups in total. The summed E-state index contributed by atoms with van der Waals surface area (Å²) in [5, 5.41) is 2.86. The van der Waals surface area contributed by atoms with E-state index in [-0.39, 0.29) is 11.8 Å². The van der Waals surface area contributed by atoms with Gasteiger partial charge in [0, 0.05) is 26.6 Å². The highest BCUT2D eigenvalue weighted by molar-refractivity contribution is 5.94. The predicted molar refractivity (Wildman–Crippen MR) is 95.6 cm³/mol. The number of nitrogens with one attached hydrogen (secondary N) is 1. The number of nitrogens with zero attached hydrogens (tertiary/aromatic N) is 1. The summed E-state index contributed by atoms with van der Waals surface area (Å²) >= 11 is 0. The van der Waals surface area contributed by atoms with Gasteiger partial charge in [-0.25, -0.2) is 0 Å². The molecule has 0 radical (unpaired) electrons. The molecule has 2 rings (SSSR count). The number of rotatable bonds is 9. The average Bonchev–Trinajstić information content (AvgIpc) is 2.90. The Morgan fingerprint density at radius 2 is 2.04 bits per heavy atom. The number of ether oxygens (including phenoxy) is 2. The van der Waals surface area contributed by atoms with E-state index in [1.165, 1.54) is 0 Å². The molecule has 6 nitrogen and oxygen atoms in total. The molecule has 1 fully saturated rings. The minimum atomic E-state index is -0.782. The van der Waals surface area contributed by atoms with Gasteiger partial charge in [-0.1, -0.05) is 12.1 Å². The van der Waals surface area contributed by atoms with E-state index in [0.29, 0.717) is 45.6 Å². The van der Waals surface area contributed by atoms with E-state index in [4.69, 9.17) is 9.47 Å². The third kappa shape index (κ3) is 4.72. The molecule has 1 heterocycles. The second kappa shape index (κ2) is 8.85. The van der Waals surface area contributed by atoms with Gasteiger partial charge in [0.05, 0.1) is 13.2 Å². The van der Waals surface area contributed by atoms with E-state index in [2.05, 4.69) is 5.32 Å². The van der Waals surface area contributed by atoms with Crippen molar-refractivity contribution in [1.82, 2.24) is 10.2 Å². The van der Waals surface area contributed by atoms with E-state index < -0.39 is 5.54 Å². The van der Waals surface area contributed by atoms with Crippen LogP contribution in [0.15, 0.2) is 24.3 Å². The monoisotopic (exact) mass is 348 g/mol. The molecule has 0 spiro atoms. The standard InChI is InChI=1S/C19H28N2O4/c1-4-25-16-7-5-15(6-8-16)10-13-21-17(22)9-11-19(21,2)18(23)20-12-14-24-3/h5-8H,4,9-14H2,1-3H3,(H,20,23)/t19-/m1/s1. The first-order chi connectivity index (χ1) is 12.0. The van der Waals surface area contributed by atoms with Gasteiger partial charge in [-0.15, -0.1) is 0 Å². The zero-order chi connectivity index (χ0) is 18.3. The first-order valence-electron chi connectivity index (χ1n) is 8.80. The molecule has 1 aromatic carbocycles. The van der Waals surface area contributed by atoms with Crippen LogP contribution in [0.25, 0.3) is 0 Å². The van der Waals surface area contributed by atoms with Crippen molar-refractivity contribution in [3.8, 4) is 5.75 Å². The van der Waals surface area contributed by atoms with Crippen LogP contribution in [0.5, 0.6) is 5.75 Å². The van der Waals surface area contributed by atoms with Gasteiger partial charge in [0.25, 0.3) is 0 Å². The fourth-order valence-corrected chi connectivity index (χ4v) is 3.12. The fourth-order valence-electron chi connectivity index (χ4n) is 3.12. The van der Waals surface area contributed by atoms with Crippen molar-refractivity contribution in [2.24, 2.45) is 0 Å². The highest BCUT2D eigenvalue weighted by Gasteiger charge is 2.46. The summed E-state index contributed by atoms with van der Waals surface area (Å²) in [5.74, 6) is 0.767. The van der Waals surface area contributed by atoms with Crippen LogP contribution < -0.4 is 10.1 Å². The summed E-state index contributed by atoms with van der Waals surface area (Å²) < 4.78 is 10.4. The van der Waals surface area contributed by atoms with Gasteiger partial charge < -0.3 is 19.7 Å². The van der Waals surface area contributed by atoms with Crippen molar-refractivity contribution in [3.05, 3.63) is 29.8 Å². The Balaban J connectivity index is 1.97. The van der Waals surface area contributed by atoms with Gasteiger partial charge in [-0.05, 0) is 44.4 Å². The van der Waals surface area contributed by atoms with Crippen LogP contribution in [-0.2, 0) is 20.7 Å². The lowest BCUT2D eigenvalue weighted by molar-refractivity contribution is -0.140. The lowest BCUT2D eigenvalue weighted by atomic mass is 9.97. The molecule has 1 aromatic rings. The molecular weight excluding hydrogens is 320 g/mol. The van der Waals surface area contributed by atoms with Crippen LogP contribution in [0.3, 0.4) is 0 Å². The van der Waals surface area contributed by atoms with E-state index in [1.54, 1.807) is 12.0 Å². The van der Waals surface area contributed by atoms with Crippen LogP contribution in [0.1, 0.15) is 32.3 Å². The summed E-state index contributed by atoms with van der Waals surface area (Å²) in [6, 6.07) is 7.87. The maximum atomic E-state index is 12.5. The molecule has 1 aliphatic heterocycles. The minimum absolute atomic E-state index is 0.0373. The van der Waals surface area contributed by atoms with Crippen LogP contribution in [0.4, 0.5) is 0 Å².